The molecule has 0 aliphatic heterocycles. The zero-order valence-corrected chi connectivity index (χ0v) is 10.5. The van der Waals surface area contributed by atoms with E-state index >= 15 is 0 Å². The predicted molar refractivity (Wildman–Crippen MR) is 73.2 cm³/mol. The van der Waals surface area contributed by atoms with Gasteiger partial charge < -0.3 is 9.47 Å². The maximum atomic E-state index is 5.24. The summed E-state index contributed by atoms with van der Waals surface area (Å²) >= 11 is 0. The Hall–Kier alpha value is -2.29. The highest BCUT2D eigenvalue weighted by Crippen LogP contribution is 2.27. The van der Waals surface area contributed by atoms with Gasteiger partial charge in [-0.05, 0) is 35.9 Å². The Morgan fingerprint density at radius 2 is 1.61 bits per heavy atom. The van der Waals surface area contributed by atoms with Crippen LogP contribution >= 0.6 is 0 Å². The number of methoxy groups -OCH3 is 2. The molecule has 0 amide bonds. The number of nitrogens with zero attached hydrogens (tertiary/aromatic N) is 1. The van der Waals surface area contributed by atoms with Gasteiger partial charge in [-0.25, -0.2) is 0 Å². The van der Waals surface area contributed by atoms with Crippen LogP contribution in [0.3, 0.4) is 0 Å². The Bertz CT molecular complexity index is 535. The molecular formula is C15H15NO2. The molecular weight excluding hydrogens is 226 g/mol. The number of benzene rings is 2. The van der Waals surface area contributed by atoms with E-state index in [1.807, 2.05) is 48.5 Å². The van der Waals surface area contributed by atoms with Crippen molar-refractivity contribution in [2.45, 2.75) is 0 Å². The summed E-state index contributed by atoms with van der Waals surface area (Å²) in [4.78, 5) is 4.39. The van der Waals surface area contributed by atoms with Crippen LogP contribution in [0.25, 0.3) is 0 Å². The average molecular weight is 241 g/mol. The Labute approximate surface area is 107 Å². The molecule has 2 aromatic carbocycles. The lowest BCUT2D eigenvalue weighted by Gasteiger charge is -2.07. The molecule has 0 atom stereocenters. The van der Waals surface area contributed by atoms with Crippen molar-refractivity contribution >= 4 is 11.9 Å². The molecule has 3 nitrogen and oxygen atoms in total. The van der Waals surface area contributed by atoms with Gasteiger partial charge in [-0.1, -0.05) is 18.2 Å². The van der Waals surface area contributed by atoms with E-state index in [2.05, 4.69) is 4.99 Å². The summed E-state index contributed by atoms with van der Waals surface area (Å²) in [6.45, 7) is 0. The summed E-state index contributed by atoms with van der Waals surface area (Å²) in [5.74, 6) is 1.42. The maximum Gasteiger partial charge on any atom is 0.161 e. The summed E-state index contributed by atoms with van der Waals surface area (Å²) < 4.78 is 10.4. The van der Waals surface area contributed by atoms with Crippen molar-refractivity contribution in [2.75, 3.05) is 14.2 Å². The largest absolute Gasteiger partial charge is 0.493 e. The zero-order chi connectivity index (χ0) is 12.8. The normalized spacial score (nSPS) is 10.6. The molecule has 0 aromatic heterocycles. The zero-order valence-electron chi connectivity index (χ0n) is 10.5. The molecule has 2 aromatic rings. The van der Waals surface area contributed by atoms with Crippen molar-refractivity contribution in [2.24, 2.45) is 4.99 Å². The third-order valence-electron chi connectivity index (χ3n) is 2.53. The minimum Gasteiger partial charge on any atom is -0.493 e. The van der Waals surface area contributed by atoms with Gasteiger partial charge in [-0.15, -0.1) is 0 Å². The molecule has 0 saturated carbocycles. The van der Waals surface area contributed by atoms with Crippen molar-refractivity contribution in [3.63, 3.8) is 0 Å². The highest BCUT2D eigenvalue weighted by Gasteiger charge is 2.02. The first kappa shape index (κ1) is 12.2. The fraction of sp³-hybridized carbons (Fsp3) is 0.133. The fourth-order valence-corrected chi connectivity index (χ4v) is 1.60. The quantitative estimate of drug-likeness (QED) is 0.767. The summed E-state index contributed by atoms with van der Waals surface area (Å²) in [5, 5.41) is 0. The molecule has 3 heteroatoms. The number of hydrogen-bond donors (Lipinski definition) is 0. The summed E-state index contributed by atoms with van der Waals surface area (Å²) in [6.07, 6.45) is 1.80. The lowest BCUT2D eigenvalue weighted by Crippen LogP contribution is -1.91. The third-order valence-corrected chi connectivity index (χ3v) is 2.53. The van der Waals surface area contributed by atoms with E-state index in [4.69, 9.17) is 9.47 Å². The van der Waals surface area contributed by atoms with E-state index in [-0.39, 0.29) is 0 Å². The second-order valence-electron chi connectivity index (χ2n) is 3.71. The number of ether oxygens (including phenoxy) is 2. The monoisotopic (exact) mass is 241 g/mol. The molecule has 0 unspecified atom stereocenters. The van der Waals surface area contributed by atoms with Crippen molar-refractivity contribution in [3.8, 4) is 11.5 Å². The molecule has 0 bridgehead atoms. The second-order valence-corrected chi connectivity index (χ2v) is 3.71. The lowest BCUT2D eigenvalue weighted by molar-refractivity contribution is 0.355. The minimum absolute atomic E-state index is 0.703. The van der Waals surface area contributed by atoms with Crippen molar-refractivity contribution in [1.29, 1.82) is 0 Å². The molecule has 2 rings (SSSR count). The van der Waals surface area contributed by atoms with Gasteiger partial charge in [-0.3, -0.25) is 4.99 Å². The van der Waals surface area contributed by atoms with Gasteiger partial charge in [0.1, 0.15) is 0 Å². The first-order valence-corrected chi connectivity index (χ1v) is 5.64. The van der Waals surface area contributed by atoms with E-state index in [1.54, 1.807) is 20.4 Å². The molecule has 0 aliphatic rings. The van der Waals surface area contributed by atoms with Crippen LogP contribution in [0.15, 0.2) is 53.5 Å². The Morgan fingerprint density at radius 3 is 2.28 bits per heavy atom. The SMILES string of the molecule is COc1ccc(C=Nc2ccccc2)cc1OC. The van der Waals surface area contributed by atoms with Gasteiger partial charge in [0, 0.05) is 6.21 Å². The smallest absolute Gasteiger partial charge is 0.161 e. The van der Waals surface area contributed by atoms with Crippen molar-refractivity contribution in [3.05, 3.63) is 54.1 Å². The van der Waals surface area contributed by atoms with Gasteiger partial charge in [-0.2, -0.15) is 0 Å². The molecule has 0 radical (unpaired) electrons. The van der Waals surface area contributed by atoms with Gasteiger partial charge >= 0.3 is 0 Å². The fourth-order valence-electron chi connectivity index (χ4n) is 1.60. The number of hydrogen-bond acceptors (Lipinski definition) is 3. The molecule has 0 saturated heterocycles. The van der Waals surface area contributed by atoms with Crippen LogP contribution in [0.2, 0.25) is 0 Å². The van der Waals surface area contributed by atoms with E-state index in [0.717, 1.165) is 17.0 Å². The highest BCUT2D eigenvalue weighted by atomic mass is 16.5. The van der Waals surface area contributed by atoms with Crippen LogP contribution in [-0.2, 0) is 0 Å². The molecule has 0 N–H and O–H groups in total. The molecule has 0 spiro atoms. The predicted octanol–water partition coefficient (Wildman–Crippen LogP) is 3.45. The first-order valence-electron chi connectivity index (χ1n) is 5.64. The average Bonchev–Trinajstić information content (AvgIpc) is 2.45. The lowest BCUT2D eigenvalue weighted by atomic mass is 10.2. The molecule has 0 heterocycles. The summed E-state index contributed by atoms with van der Waals surface area (Å²) in [7, 11) is 3.24. The van der Waals surface area contributed by atoms with Gasteiger partial charge in [0.05, 0.1) is 19.9 Å². The first-order chi connectivity index (χ1) is 8.83. The van der Waals surface area contributed by atoms with Crippen LogP contribution in [-0.4, -0.2) is 20.4 Å². The van der Waals surface area contributed by atoms with Gasteiger partial charge in [0.25, 0.3) is 0 Å². The van der Waals surface area contributed by atoms with Crippen LogP contribution in [0, 0.1) is 0 Å². The van der Waals surface area contributed by atoms with E-state index in [9.17, 15) is 0 Å². The van der Waals surface area contributed by atoms with Crippen LogP contribution < -0.4 is 9.47 Å². The summed E-state index contributed by atoms with van der Waals surface area (Å²) in [5.41, 5.74) is 1.89. The molecule has 0 fully saturated rings. The second kappa shape index (κ2) is 5.87. The number of para-hydroxylation sites is 1. The topological polar surface area (TPSA) is 30.8 Å². The number of aliphatic imine (C=N–C) groups is 1. The Kier molecular flexibility index (Phi) is 3.97. The molecule has 0 aliphatic carbocycles. The molecule has 18 heavy (non-hydrogen) atoms. The van der Waals surface area contributed by atoms with Gasteiger partial charge in [0.2, 0.25) is 0 Å². The molecule has 92 valence electrons. The van der Waals surface area contributed by atoms with E-state index in [1.165, 1.54) is 0 Å². The van der Waals surface area contributed by atoms with E-state index in [0.29, 0.717) is 5.75 Å². The van der Waals surface area contributed by atoms with E-state index < -0.39 is 0 Å². The summed E-state index contributed by atoms with van der Waals surface area (Å²) in [6, 6.07) is 15.5. The van der Waals surface area contributed by atoms with Crippen LogP contribution in [0.5, 0.6) is 11.5 Å². The Balaban J connectivity index is 2.22. The minimum atomic E-state index is 0.703. The highest BCUT2D eigenvalue weighted by molar-refractivity contribution is 5.83. The third kappa shape index (κ3) is 2.88. The van der Waals surface area contributed by atoms with Crippen LogP contribution in [0.1, 0.15) is 5.56 Å². The Morgan fingerprint density at radius 1 is 0.889 bits per heavy atom. The number of rotatable bonds is 4. The van der Waals surface area contributed by atoms with Crippen LogP contribution in [0.4, 0.5) is 5.69 Å². The van der Waals surface area contributed by atoms with Gasteiger partial charge in [0.15, 0.2) is 11.5 Å². The maximum absolute atomic E-state index is 5.24. The van der Waals surface area contributed by atoms with Crippen molar-refractivity contribution < 1.29 is 9.47 Å². The van der Waals surface area contributed by atoms with Crippen molar-refractivity contribution in [1.82, 2.24) is 0 Å². The standard InChI is InChI=1S/C15H15NO2/c1-17-14-9-8-12(10-15(14)18-2)11-16-13-6-4-3-5-7-13/h3-11H,1-2H3.